The molecule has 0 saturated heterocycles. The summed E-state index contributed by atoms with van der Waals surface area (Å²) in [6.07, 6.45) is 0. The number of carboxylic acids is 1. The van der Waals surface area contributed by atoms with Gasteiger partial charge in [0.05, 0.1) is 0 Å². The molecule has 0 aliphatic heterocycles. The van der Waals surface area contributed by atoms with Crippen molar-refractivity contribution in [2.45, 2.75) is 24.1 Å². The monoisotopic (exact) mass is 347 g/mol. The van der Waals surface area contributed by atoms with E-state index >= 15 is 0 Å². The molecule has 2 rings (SSSR count). The standard InChI is InChI=1S/C13H14ClNO4S2/c1-8(2)15(7-12(16)17)21(18,19)13-6-9-5-10(14)3-4-11(9)20-13/h3-6,8H,7H2,1-2H3,(H,16,17). The Bertz CT molecular complexity index is 783. The quantitative estimate of drug-likeness (QED) is 0.902. The molecular formula is C13H14ClNO4S2. The van der Waals surface area contributed by atoms with E-state index in [1.165, 1.54) is 6.07 Å². The first-order valence-electron chi connectivity index (χ1n) is 6.14. The molecule has 0 bridgehead atoms. The zero-order valence-electron chi connectivity index (χ0n) is 11.4. The topological polar surface area (TPSA) is 74.7 Å². The van der Waals surface area contributed by atoms with Crippen molar-refractivity contribution in [2.24, 2.45) is 0 Å². The summed E-state index contributed by atoms with van der Waals surface area (Å²) < 4.78 is 27.1. The third kappa shape index (κ3) is 3.37. The van der Waals surface area contributed by atoms with Crippen LogP contribution in [0, 0.1) is 0 Å². The average molecular weight is 348 g/mol. The van der Waals surface area contributed by atoms with Crippen LogP contribution in [-0.2, 0) is 14.8 Å². The van der Waals surface area contributed by atoms with Crippen molar-refractivity contribution in [2.75, 3.05) is 6.54 Å². The lowest BCUT2D eigenvalue weighted by Gasteiger charge is -2.23. The molecule has 5 nitrogen and oxygen atoms in total. The van der Waals surface area contributed by atoms with Gasteiger partial charge in [-0.15, -0.1) is 11.3 Å². The lowest BCUT2D eigenvalue weighted by atomic mass is 10.3. The van der Waals surface area contributed by atoms with Gasteiger partial charge in [0, 0.05) is 15.8 Å². The maximum Gasteiger partial charge on any atom is 0.318 e. The molecule has 2 aromatic rings. The van der Waals surface area contributed by atoms with E-state index in [1.807, 2.05) is 0 Å². The number of carbonyl (C=O) groups is 1. The van der Waals surface area contributed by atoms with Crippen molar-refractivity contribution in [1.82, 2.24) is 4.31 Å². The summed E-state index contributed by atoms with van der Waals surface area (Å²) in [4.78, 5) is 10.9. The fraction of sp³-hybridized carbons (Fsp3) is 0.308. The first-order valence-corrected chi connectivity index (χ1v) is 8.78. The number of hydrogen-bond acceptors (Lipinski definition) is 4. The molecule has 0 spiro atoms. The van der Waals surface area contributed by atoms with Crippen LogP contribution in [0.1, 0.15) is 13.8 Å². The summed E-state index contributed by atoms with van der Waals surface area (Å²) in [5, 5.41) is 10.1. The van der Waals surface area contributed by atoms with Crippen LogP contribution < -0.4 is 0 Å². The van der Waals surface area contributed by atoms with Gasteiger partial charge in [0.25, 0.3) is 10.0 Å². The molecule has 21 heavy (non-hydrogen) atoms. The Balaban J connectivity index is 2.51. The lowest BCUT2D eigenvalue weighted by molar-refractivity contribution is -0.137. The van der Waals surface area contributed by atoms with Crippen LogP contribution in [0.2, 0.25) is 5.02 Å². The highest BCUT2D eigenvalue weighted by Crippen LogP contribution is 2.33. The number of halogens is 1. The van der Waals surface area contributed by atoms with E-state index in [1.54, 1.807) is 32.0 Å². The number of aliphatic carboxylic acids is 1. The summed E-state index contributed by atoms with van der Waals surface area (Å²) in [6, 6.07) is 6.20. The third-order valence-electron chi connectivity index (χ3n) is 2.89. The molecule has 8 heteroatoms. The Hall–Kier alpha value is -1.15. The highest BCUT2D eigenvalue weighted by atomic mass is 35.5. The van der Waals surface area contributed by atoms with E-state index in [-0.39, 0.29) is 4.21 Å². The van der Waals surface area contributed by atoms with Gasteiger partial charge in [-0.2, -0.15) is 4.31 Å². The molecule has 0 aliphatic rings. The predicted molar refractivity (Wildman–Crippen MR) is 83.5 cm³/mol. The van der Waals surface area contributed by atoms with Crippen LogP contribution in [0.15, 0.2) is 28.5 Å². The van der Waals surface area contributed by atoms with E-state index < -0.39 is 28.6 Å². The Morgan fingerprint density at radius 3 is 2.62 bits per heavy atom. The van der Waals surface area contributed by atoms with E-state index in [4.69, 9.17) is 16.7 Å². The molecule has 0 aliphatic carbocycles. The first-order chi connectivity index (χ1) is 9.71. The van der Waals surface area contributed by atoms with Gasteiger partial charge in [0.15, 0.2) is 0 Å². The number of sulfonamides is 1. The Labute approximate surface area is 131 Å². The number of benzene rings is 1. The maximum atomic E-state index is 12.6. The largest absolute Gasteiger partial charge is 0.480 e. The van der Waals surface area contributed by atoms with E-state index in [0.717, 1.165) is 25.7 Å². The van der Waals surface area contributed by atoms with Gasteiger partial charge in [-0.05, 0) is 43.5 Å². The third-order valence-corrected chi connectivity index (χ3v) is 6.71. The second kappa shape index (κ2) is 5.92. The minimum Gasteiger partial charge on any atom is -0.480 e. The van der Waals surface area contributed by atoms with Crippen LogP contribution in [0.4, 0.5) is 0 Å². The molecule has 0 unspecified atom stereocenters. The Morgan fingerprint density at radius 1 is 1.38 bits per heavy atom. The molecule has 0 saturated carbocycles. The fourth-order valence-corrected chi connectivity index (χ4v) is 5.19. The summed E-state index contributed by atoms with van der Waals surface area (Å²) in [7, 11) is -3.84. The number of thiophene rings is 1. The minimum absolute atomic E-state index is 0.120. The van der Waals surface area contributed by atoms with Crippen molar-refractivity contribution in [3.8, 4) is 0 Å². The van der Waals surface area contributed by atoms with Crippen molar-refractivity contribution < 1.29 is 18.3 Å². The molecule has 1 aromatic heterocycles. The second-order valence-corrected chi connectivity index (χ2v) is 8.42. The fourth-order valence-electron chi connectivity index (χ4n) is 1.91. The van der Waals surface area contributed by atoms with Gasteiger partial charge >= 0.3 is 5.97 Å². The second-order valence-electron chi connectivity index (χ2n) is 4.79. The normalized spacial score (nSPS) is 12.4. The van der Waals surface area contributed by atoms with Crippen LogP contribution in [0.5, 0.6) is 0 Å². The molecule has 1 heterocycles. The van der Waals surface area contributed by atoms with Crippen LogP contribution in [-0.4, -0.2) is 36.4 Å². The van der Waals surface area contributed by atoms with Crippen LogP contribution in [0.25, 0.3) is 10.1 Å². The molecule has 0 atom stereocenters. The summed E-state index contributed by atoms with van der Waals surface area (Å²) in [5.74, 6) is -1.18. The number of nitrogens with zero attached hydrogens (tertiary/aromatic N) is 1. The highest BCUT2D eigenvalue weighted by molar-refractivity contribution is 7.91. The number of rotatable bonds is 5. The number of carboxylic acid groups (broad SMARTS) is 1. The molecule has 0 fully saturated rings. The molecule has 1 N–H and O–H groups in total. The summed E-state index contributed by atoms with van der Waals surface area (Å²) >= 11 is 7.00. The molecule has 1 aromatic carbocycles. The van der Waals surface area contributed by atoms with Gasteiger partial charge in [0.1, 0.15) is 10.8 Å². The summed E-state index contributed by atoms with van der Waals surface area (Å²) in [6.45, 7) is 2.73. The molecule has 114 valence electrons. The molecular weight excluding hydrogens is 334 g/mol. The van der Waals surface area contributed by atoms with Crippen molar-refractivity contribution in [1.29, 1.82) is 0 Å². The first kappa shape index (κ1) is 16.2. The zero-order valence-corrected chi connectivity index (χ0v) is 13.8. The number of hydrogen-bond donors (Lipinski definition) is 1. The molecule has 0 amide bonds. The van der Waals surface area contributed by atoms with Gasteiger partial charge in [-0.1, -0.05) is 11.6 Å². The zero-order chi connectivity index (χ0) is 15.8. The predicted octanol–water partition coefficient (Wildman–Crippen LogP) is 3.04. The van der Waals surface area contributed by atoms with E-state index in [2.05, 4.69) is 0 Å². The molecule has 0 radical (unpaired) electrons. The van der Waals surface area contributed by atoms with Crippen LogP contribution in [0.3, 0.4) is 0 Å². The Kier molecular flexibility index (Phi) is 4.57. The maximum absolute atomic E-state index is 12.6. The van der Waals surface area contributed by atoms with Gasteiger partial charge in [-0.25, -0.2) is 8.42 Å². The van der Waals surface area contributed by atoms with Gasteiger partial charge in [0.2, 0.25) is 0 Å². The smallest absolute Gasteiger partial charge is 0.318 e. The number of fused-ring (bicyclic) bond motifs is 1. The van der Waals surface area contributed by atoms with Crippen molar-refractivity contribution >= 4 is 49.0 Å². The SMILES string of the molecule is CC(C)N(CC(=O)O)S(=O)(=O)c1cc2cc(Cl)ccc2s1. The van der Waals surface area contributed by atoms with Gasteiger partial charge < -0.3 is 5.11 Å². The van der Waals surface area contributed by atoms with Gasteiger partial charge in [-0.3, -0.25) is 4.79 Å². The minimum atomic E-state index is -3.84. The van der Waals surface area contributed by atoms with E-state index in [0.29, 0.717) is 5.02 Å². The van der Waals surface area contributed by atoms with Crippen molar-refractivity contribution in [3.63, 3.8) is 0 Å². The highest BCUT2D eigenvalue weighted by Gasteiger charge is 2.30. The van der Waals surface area contributed by atoms with Crippen LogP contribution >= 0.6 is 22.9 Å². The Morgan fingerprint density at radius 2 is 2.05 bits per heavy atom. The van der Waals surface area contributed by atoms with Crippen molar-refractivity contribution in [3.05, 3.63) is 29.3 Å². The lowest BCUT2D eigenvalue weighted by Crippen LogP contribution is -2.40. The summed E-state index contributed by atoms with van der Waals surface area (Å²) in [5.41, 5.74) is 0. The van der Waals surface area contributed by atoms with E-state index in [9.17, 15) is 13.2 Å². The average Bonchev–Trinajstić information content (AvgIpc) is 2.78.